The minimum atomic E-state index is -4.54. The van der Waals surface area contributed by atoms with E-state index in [0.29, 0.717) is 5.69 Å². The zero-order chi connectivity index (χ0) is 17.9. The van der Waals surface area contributed by atoms with E-state index in [0.717, 1.165) is 23.3 Å². The molecule has 6 heteroatoms. The van der Waals surface area contributed by atoms with E-state index in [2.05, 4.69) is 5.32 Å². The molecule has 0 aliphatic carbocycles. The van der Waals surface area contributed by atoms with Crippen LogP contribution >= 0.6 is 11.6 Å². The van der Waals surface area contributed by atoms with E-state index in [4.69, 9.17) is 11.6 Å². The summed E-state index contributed by atoms with van der Waals surface area (Å²) in [4.78, 5) is 12.0. The topological polar surface area (TPSA) is 29.1 Å². The van der Waals surface area contributed by atoms with E-state index in [1.54, 1.807) is 0 Å². The molecule has 1 N–H and O–H groups in total. The molecule has 2 aromatic rings. The highest BCUT2D eigenvalue weighted by molar-refractivity contribution is 6.31. The molecule has 2 aromatic carbocycles. The first-order valence-corrected chi connectivity index (χ1v) is 7.47. The van der Waals surface area contributed by atoms with Crippen LogP contribution in [0, 0.1) is 13.8 Å². The largest absolute Gasteiger partial charge is 0.417 e. The maximum absolute atomic E-state index is 12.8. The van der Waals surface area contributed by atoms with E-state index in [9.17, 15) is 18.0 Å². The lowest BCUT2D eigenvalue weighted by atomic mass is 10.1. The molecule has 1 amide bonds. The van der Waals surface area contributed by atoms with Gasteiger partial charge in [-0.1, -0.05) is 29.8 Å². The summed E-state index contributed by atoms with van der Waals surface area (Å²) in [5.41, 5.74) is 1.86. The number of aryl methyl sites for hydroxylation is 2. The van der Waals surface area contributed by atoms with Crippen LogP contribution in [0.1, 0.15) is 22.3 Å². The molecule has 0 unspecified atom stereocenters. The number of carbonyl (C=O) groups is 1. The van der Waals surface area contributed by atoms with Gasteiger partial charge in [0.25, 0.3) is 0 Å². The third-order valence-corrected chi connectivity index (χ3v) is 3.70. The standard InChI is InChI=1S/C18H15ClF3NO/c1-11-3-4-12(2)16(9-11)23-17(24)8-6-13-5-7-15(19)14(10-13)18(20,21)22/h3-10H,1-2H3,(H,23,24)/b8-6+. The Morgan fingerprint density at radius 3 is 2.50 bits per heavy atom. The van der Waals surface area contributed by atoms with Crippen LogP contribution in [-0.2, 0) is 11.0 Å². The predicted octanol–water partition coefficient (Wildman–Crippen LogP) is 5.63. The van der Waals surface area contributed by atoms with Gasteiger partial charge in [0.1, 0.15) is 0 Å². The van der Waals surface area contributed by atoms with Crippen molar-refractivity contribution in [2.45, 2.75) is 20.0 Å². The Bertz CT molecular complexity index is 797. The molecule has 0 bridgehead atoms. The first-order valence-electron chi connectivity index (χ1n) is 7.10. The van der Waals surface area contributed by atoms with Gasteiger partial charge in [-0.15, -0.1) is 0 Å². The van der Waals surface area contributed by atoms with Crippen molar-refractivity contribution in [3.63, 3.8) is 0 Å². The molecule has 126 valence electrons. The number of benzene rings is 2. The molecule has 24 heavy (non-hydrogen) atoms. The van der Waals surface area contributed by atoms with E-state index in [-0.39, 0.29) is 10.6 Å². The number of nitrogens with one attached hydrogen (secondary N) is 1. The lowest BCUT2D eigenvalue weighted by Gasteiger charge is -2.09. The minimum absolute atomic E-state index is 0.239. The molecule has 0 radical (unpaired) electrons. The van der Waals surface area contributed by atoms with Gasteiger partial charge in [0.2, 0.25) is 5.91 Å². The number of hydrogen-bond donors (Lipinski definition) is 1. The van der Waals surface area contributed by atoms with Crippen LogP contribution in [0.2, 0.25) is 5.02 Å². The zero-order valence-electron chi connectivity index (χ0n) is 13.0. The van der Waals surface area contributed by atoms with Crippen LogP contribution in [0.15, 0.2) is 42.5 Å². The highest BCUT2D eigenvalue weighted by Gasteiger charge is 2.33. The smallest absolute Gasteiger partial charge is 0.322 e. The second-order valence-corrected chi connectivity index (χ2v) is 5.79. The molecule has 0 saturated carbocycles. The van der Waals surface area contributed by atoms with E-state index < -0.39 is 17.6 Å². The molecule has 0 aromatic heterocycles. The second kappa shape index (κ2) is 7.09. The van der Waals surface area contributed by atoms with Gasteiger partial charge in [-0.25, -0.2) is 0 Å². The quantitative estimate of drug-likeness (QED) is 0.712. The first-order chi connectivity index (χ1) is 11.2. The van der Waals surface area contributed by atoms with Gasteiger partial charge in [-0.2, -0.15) is 13.2 Å². The van der Waals surface area contributed by atoms with Gasteiger partial charge in [-0.3, -0.25) is 4.79 Å². The third-order valence-electron chi connectivity index (χ3n) is 3.37. The van der Waals surface area contributed by atoms with E-state index in [1.807, 2.05) is 32.0 Å². The predicted molar refractivity (Wildman–Crippen MR) is 90.0 cm³/mol. The maximum atomic E-state index is 12.8. The van der Waals surface area contributed by atoms with Gasteiger partial charge in [0, 0.05) is 11.8 Å². The van der Waals surface area contributed by atoms with Crippen molar-refractivity contribution in [1.82, 2.24) is 0 Å². The number of alkyl halides is 3. The second-order valence-electron chi connectivity index (χ2n) is 5.38. The maximum Gasteiger partial charge on any atom is 0.417 e. The number of hydrogen-bond acceptors (Lipinski definition) is 1. The lowest BCUT2D eigenvalue weighted by molar-refractivity contribution is -0.137. The fraction of sp³-hybridized carbons (Fsp3) is 0.167. The molecular formula is C18H15ClF3NO. The summed E-state index contributed by atoms with van der Waals surface area (Å²) in [6.07, 6.45) is -2.04. The van der Waals surface area contributed by atoms with Crippen LogP contribution < -0.4 is 5.32 Å². The van der Waals surface area contributed by atoms with Crippen LogP contribution in [-0.4, -0.2) is 5.91 Å². The summed E-state index contributed by atoms with van der Waals surface area (Å²) >= 11 is 5.56. The SMILES string of the molecule is Cc1ccc(C)c(NC(=O)/C=C/c2ccc(Cl)c(C(F)(F)F)c2)c1. The summed E-state index contributed by atoms with van der Waals surface area (Å²) in [6, 6.07) is 9.11. The summed E-state index contributed by atoms with van der Waals surface area (Å²) in [7, 11) is 0. The van der Waals surface area contributed by atoms with Gasteiger partial charge in [0.05, 0.1) is 10.6 Å². The summed E-state index contributed by atoms with van der Waals surface area (Å²) < 4.78 is 38.4. The Kier molecular flexibility index (Phi) is 5.34. The summed E-state index contributed by atoms with van der Waals surface area (Å²) in [5, 5.41) is 2.33. The number of amides is 1. The van der Waals surface area contributed by atoms with Crippen molar-refractivity contribution in [2.24, 2.45) is 0 Å². The highest BCUT2D eigenvalue weighted by Crippen LogP contribution is 2.35. The molecule has 0 atom stereocenters. The molecule has 0 spiro atoms. The molecule has 2 rings (SSSR count). The van der Waals surface area contributed by atoms with Gasteiger partial charge in [0.15, 0.2) is 0 Å². The van der Waals surface area contributed by atoms with Gasteiger partial charge >= 0.3 is 6.18 Å². The Hall–Kier alpha value is -2.27. The average Bonchev–Trinajstić information content (AvgIpc) is 2.49. The first kappa shape index (κ1) is 18.1. The molecule has 2 nitrogen and oxygen atoms in total. The lowest BCUT2D eigenvalue weighted by Crippen LogP contribution is -2.09. The summed E-state index contributed by atoms with van der Waals surface area (Å²) in [6.45, 7) is 3.75. The molecular weight excluding hydrogens is 339 g/mol. The Labute approximate surface area is 142 Å². The fourth-order valence-corrected chi connectivity index (χ4v) is 2.31. The molecule has 0 saturated heterocycles. The normalized spacial score (nSPS) is 11.8. The minimum Gasteiger partial charge on any atom is -0.322 e. The Morgan fingerprint density at radius 2 is 1.83 bits per heavy atom. The average molecular weight is 354 g/mol. The van der Waals surface area contributed by atoms with Crippen LogP contribution in [0.4, 0.5) is 18.9 Å². The molecule has 0 aliphatic heterocycles. The van der Waals surface area contributed by atoms with E-state index >= 15 is 0 Å². The van der Waals surface area contributed by atoms with Crippen LogP contribution in [0.5, 0.6) is 0 Å². The molecule has 0 aliphatic rings. The number of carbonyl (C=O) groups excluding carboxylic acids is 1. The number of anilines is 1. The van der Waals surface area contributed by atoms with Crippen molar-refractivity contribution in [3.8, 4) is 0 Å². The van der Waals surface area contributed by atoms with E-state index in [1.165, 1.54) is 18.2 Å². The van der Waals surface area contributed by atoms with Gasteiger partial charge < -0.3 is 5.32 Å². The van der Waals surface area contributed by atoms with Crippen LogP contribution in [0.25, 0.3) is 6.08 Å². The summed E-state index contributed by atoms with van der Waals surface area (Å²) in [5.74, 6) is -0.424. The molecule has 0 fully saturated rings. The zero-order valence-corrected chi connectivity index (χ0v) is 13.8. The van der Waals surface area contributed by atoms with Gasteiger partial charge in [-0.05, 0) is 54.8 Å². The van der Waals surface area contributed by atoms with Crippen molar-refractivity contribution in [3.05, 3.63) is 69.8 Å². The third kappa shape index (κ3) is 4.61. The fourth-order valence-electron chi connectivity index (χ4n) is 2.08. The van der Waals surface area contributed by atoms with Crippen molar-refractivity contribution >= 4 is 29.3 Å². The number of halogens is 4. The molecule has 0 heterocycles. The van der Waals surface area contributed by atoms with Crippen molar-refractivity contribution < 1.29 is 18.0 Å². The monoisotopic (exact) mass is 353 g/mol. The van der Waals surface area contributed by atoms with Crippen molar-refractivity contribution in [1.29, 1.82) is 0 Å². The Balaban J connectivity index is 2.16. The van der Waals surface area contributed by atoms with Crippen molar-refractivity contribution in [2.75, 3.05) is 5.32 Å². The highest BCUT2D eigenvalue weighted by atomic mass is 35.5. The van der Waals surface area contributed by atoms with Crippen LogP contribution in [0.3, 0.4) is 0 Å². The Morgan fingerprint density at radius 1 is 1.12 bits per heavy atom. The number of rotatable bonds is 3.